The van der Waals surface area contributed by atoms with E-state index in [1.807, 2.05) is 0 Å². The third kappa shape index (κ3) is 3.61. The van der Waals surface area contributed by atoms with E-state index in [4.69, 9.17) is 4.74 Å². The Bertz CT molecular complexity index is 568. The van der Waals surface area contributed by atoms with E-state index < -0.39 is 35.3 Å². The van der Waals surface area contributed by atoms with E-state index >= 15 is 0 Å². The van der Waals surface area contributed by atoms with Gasteiger partial charge in [0.25, 0.3) is 0 Å². The molecule has 1 heterocycles. The van der Waals surface area contributed by atoms with Gasteiger partial charge in [-0.25, -0.2) is 4.79 Å². The van der Waals surface area contributed by atoms with Crippen molar-refractivity contribution in [3.05, 3.63) is 12.7 Å². The molecule has 4 atom stereocenters. The van der Waals surface area contributed by atoms with Crippen LogP contribution in [0.3, 0.4) is 0 Å². The normalized spacial score (nSPS) is 32.2. The molecule has 1 unspecified atom stereocenters. The van der Waals surface area contributed by atoms with Gasteiger partial charge >= 0.3 is 6.09 Å². The lowest BCUT2D eigenvalue weighted by Crippen LogP contribution is -2.53. The standard InChI is InChI=1S/C17H26N2O5/c1-6-11-8-17(11,10(2)20)18-14(22)13-7-12(21)9-19(13)15(23)24-16(3,4)5/h6,11-13,21H,1,7-9H2,2-5H3,(H,18,22)/t11?,12-,13-,17-/m0/s1. The van der Waals surface area contributed by atoms with Crippen molar-refractivity contribution in [2.75, 3.05) is 6.54 Å². The number of nitrogens with one attached hydrogen (secondary N) is 1. The molecule has 0 aromatic carbocycles. The van der Waals surface area contributed by atoms with Gasteiger partial charge in [-0.3, -0.25) is 14.5 Å². The molecule has 1 aliphatic heterocycles. The summed E-state index contributed by atoms with van der Waals surface area (Å²) in [7, 11) is 0. The molecule has 2 fully saturated rings. The van der Waals surface area contributed by atoms with E-state index in [1.165, 1.54) is 11.8 Å². The number of aliphatic hydroxyl groups is 1. The zero-order chi connectivity index (χ0) is 18.3. The fraction of sp³-hybridized carbons (Fsp3) is 0.706. The Morgan fingerprint density at radius 3 is 2.46 bits per heavy atom. The SMILES string of the molecule is C=CC1C[C@]1(NC(=O)[C@@H]1C[C@H](O)CN1C(=O)OC(C)(C)C)C(C)=O. The highest BCUT2D eigenvalue weighted by Gasteiger charge is 2.58. The van der Waals surface area contributed by atoms with Gasteiger partial charge in [-0.15, -0.1) is 6.58 Å². The molecular formula is C17H26N2O5. The number of ketones is 1. The van der Waals surface area contributed by atoms with E-state index in [2.05, 4.69) is 11.9 Å². The number of β-amino-alcohol motifs (C(OH)–C–C–N with tert-alkyl or cyclic N) is 1. The minimum absolute atomic E-state index is 0.0327. The Morgan fingerprint density at radius 1 is 1.38 bits per heavy atom. The second-order valence-corrected chi connectivity index (χ2v) is 7.60. The first-order valence-electron chi connectivity index (χ1n) is 8.13. The molecule has 0 radical (unpaired) electrons. The molecule has 7 nitrogen and oxygen atoms in total. The fourth-order valence-electron chi connectivity index (χ4n) is 3.10. The summed E-state index contributed by atoms with van der Waals surface area (Å²) in [6.45, 7) is 10.3. The number of aliphatic hydroxyl groups excluding tert-OH is 1. The van der Waals surface area contributed by atoms with Crippen LogP contribution in [0.15, 0.2) is 12.7 Å². The van der Waals surface area contributed by atoms with Crippen molar-refractivity contribution in [3.8, 4) is 0 Å². The maximum Gasteiger partial charge on any atom is 0.411 e. The topological polar surface area (TPSA) is 95.9 Å². The fourth-order valence-corrected chi connectivity index (χ4v) is 3.10. The highest BCUT2D eigenvalue weighted by Crippen LogP contribution is 2.45. The van der Waals surface area contributed by atoms with E-state index in [0.29, 0.717) is 6.42 Å². The first kappa shape index (κ1) is 18.4. The van der Waals surface area contributed by atoms with Crippen molar-refractivity contribution in [1.82, 2.24) is 10.2 Å². The Kier molecular flexibility index (Phi) is 4.77. The van der Waals surface area contributed by atoms with Crippen molar-refractivity contribution in [3.63, 3.8) is 0 Å². The molecule has 0 bridgehead atoms. The molecule has 0 spiro atoms. The summed E-state index contributed by atoms with van der Waals surface area (Å²) in [6.07, 6.45) is 0.844. The van der Waals surface area contributed by atoms with Gasteiger partial charge < -0.3 is 15.2 Å². The second kappa shape index (κ2) is 6.20. The van der Waals surface area contributed by atoms with Crippen LogP contribution in [0.25, 0.3) is 0 Å². The van der Waals surface area contributed by atoms with E-state index in [1.54, 1.807) is 26.8 Å². The van der Waals surface area contributed by atoms with Crippen LogP contribution in [0.2, 0.25) is 0 Å². The average molecular weight is 338 g/mol. The maximum absolute atomic E-state index is 12.6. The largest absolute Gasteiger partial charge is 0.444 e. The van der Waals surface area contributed by atoms with Crippen LogP contribution in [-0.4, -0.2) is 57.6 Å². The number of carbonyl (C=O) groups excluding carboxylic acids is 3. The van der Waals surface area contributed by atoms with Gasteiger partial charge in [-0.2, -0.15) is 0 Å². The van der Waals surface area contributed by atoms with Gasteiger partial charge in [-0.1, -0.05) is 6.08 Å². The Hall–Kier alpha value is -1.89. The molecule has 0 aromatic heterocycles. The molecule has 134 valence electrons. The highest BCUT2D eigenvalue weighted by atomic mass is 16.6. The molecule has 2 aliphatic rings. The van der Waals surface area contributed by atoms with E-state index in [9.17, 15) is 19.5 Å². The zero-order valence-electron chi connectivity index (χ0n) is 14.7. The Labute approximate surface area is 142 Å². The summed E-state index contributed by atoms with van der Waals surface area (Å²) in [5.41, 5.74) is -1.62. The molecule has 24 heavy (non-hydrogen) atoms. The number of carbonyl (C=O) groups is 3. The number of rotatable bonds is 4. The van der Waals surface area contributed by atoms with Crippen molar-refractivity contribution in [2.45, 2.75) is 63.8 Å². The van der Waals surface area contributed by atoms with Crippen LogP contribution < -0.4 is 5.32 Å². The monoisotopic (exact) mass is 338 g/mol. The molecule has 2 amide bonds. The first-order valence-corrected chi connectivity index (χ1v) is 8.13. The van der Waals surface area contributed by atoms with E-state index in [-0.39, 0.29) is 24.7 Å². The maximum atomic E-state index is 12.6. The molecule has 1 saturated carbocycles. The van der Waals surface area contributed by atoms with Gasteiger partial charge in [0.05, 0.1) is 12.6 Å². The number of Topliss-reactive ketones (excluding diaryl/α,β-unsaturated/α-hetero) is 1. The van der Waals surface area contributed by atoms with Gasteiger partial charge in [0.15, 0.2) is 5.78 Å². The van der Waals surface area contributed by atoms with Crippen LogP contribution in [0, 0.1) is 5.92 Å². The van der Waals surface area contributed by atoms with Crippen LogP contribution in [0.5, 0.6) is 0 Å². The molecular weight excluding hydrogens is 312 g/mol. The van der Waals surface area contributed by atoms with Crippen molar-refractivity contribution in [2.24, 2.45) is 5.92 Å². The van der Waals surface area contributed by atoms with Crippen LogP contribution in [0.1, 0.15) is 40.5 Å². The minimum Gasteiger partial charge on any atom is -0.444 e. The smallest absolute Gasteiger partial charge is 0.411 e. The predicted molar refractivity (Wildman–Crippen MR) is 87.2 cm³/mol. The number of nitrogens with zero attached hydrogens (tertiary/aromatic N) is 1. The number of hydrogen-bond donors (Lipinski definition) is 2. The van der Waals surface area contributed by atoms with Crippen LogP contribution >= 0.6 is 0 Å². The lowest BCUT2D eigenvalue weighted by molar-refractivity contribution is -0.130. The number of ether oxygens (including phenoxy) is 1. The molecule has 7 heteroatoms. The van der Waals surface area contributed by atoms with Crippen LogP contribution in [-0.2, 0) is 14.3 Å². The second-order valence-electron chi connectivity index (χ2n) is 7.60. The summed E-state index contributed by atoms with van der Waals surface area (Å²) in [6, 6.07) is -0.850. The summed E-state index contributed by atoms with van der Waals surface area (Å²) in [5, 5.41) is 12.6. The quantitative estimate of drug-likeness (QED) is 0.746. The summed E-state index contributed by atoms with van der Waals surface area (Å²) in [5.74, 6) is -0.680. The third-order valence-electron chi connectivity index (χ3n) is 4.48. The average Bonchev–Trinajstić information content (AvgIpc) is 3.01. The van der Waals surface area contributed by atoms with Gasteiger partial charge in [-0.05, 0) is 34.1 Å². The van der Waals surface area contributed by atoms with Gasteiger partial charge in [0.1, 0.15) is 17.2 Å². The summed E-state index contributed by atoms with van der Waals surface area (Å²) >= 11 is 0. The zero-order valence-corrected chi connectivity index (χ0v) is 14.7. The lowest BCUT2D eigenvalue weighted by atomic mass is 10.1. The number of likely N-dealkylation sites (tertiary alicyclic amines) is 1. The number of hydrogen-bond acceptors (Lipinski definition) is 5. The predicted octanol–water partition coefficient (Wildman–Crippen LogP) is 1.01. The lowest BCUT2D eigenvalue weighted by Gasteiger charge is -2.28. The Morgan fingerprint density at radius 2 is 2.00 bits per heavy atom. The molecule has 0 aromatic rings. The minimum atomic E-state index is -0.925. The van der Waals surface area contributed by atoms with Gasteiger partial charge in [0.2, 0.25) is 5.91 Å². The van der Waals surface area contributed by atoms with E-state index in [0.717, 1.165) is 0 Å². The van der Waals surface area contributed by atoms with Crippen molar-refractivity contribution in [1.29, 1.82) is 0 Å². The summed E-state index contributed by atoms with van der Waals surface area (Å²) in [4.78, 5) is 38.0. The van der Waals surface area contributed by atoms with Crippen molar-refractivity contribution >= 4 is 17.8 Å². The molecule has 2 rings (SSSR count). The van der Waals surface area contributed by atoms with Crippen LogP contribution in [0.4, 0.5) is 4.79 Å². The summed E-state index contributed by atoms with van der Waals surface area (Å²) < 4.78 is 5.30. The molecule has 2 N–H and O–H groups in total. The highest BCUT2D eigenvalue weighted by molar-refractivity contribution is 5.97. The van der Waals surface area contributed by atoms with Gasteiger partial charge in [0, 0.05) is 12.3 Å². The first-order chi connectivity index (χ1) is 11.0. The Balaban J connectivity index is 2.11. The third-order valence-corrected chi connectivity index (χ3v) is 4.48. The van der Waals surface area contributed by atoms with Crippen molar-refractivity contribution < 1.29 is 24.2 Å². The molecule has 1 saturated heterocycles. The molecule has 1 aliphatic carbocycles. The number of amides is 2.